The van der Waals surface area contributed by atoms with Gasteiger partial charge in [0.2, 0.25) is 0 Å². The van der Waals surface area contributed by atoms with Gasteiger partial charge in [-0.15, -0.1) is 0 Å². The number of amides is 1. The van der Waals surface area contributed by atoms with E-state index in [9.17, 15) is 14.7 Å². The zero-order valence-corrected chi connectivity index (χ0v) is 17.9. The lowest BCUT2D eigenvalue weighted by molar-refractivity contribution is -0.136. The number of Topliss-reactive ketones (excluding diaryl/α,β-unsaturated/α-hetero) is 1. The number of hydrogen-bond donors (Lipinski definition) is 1. The van der Waals surface area contributed by atoms with E-state index < -0.39 is 11.5 Å². The van der Waals surface area contributed by atoms with Crippen LogP contribution in [0.25, 0.3) is 10.8 Å². The maximum absolute atomic E-state index is 13.5. The van der Waals surface area contributed by atoms with E-state index in [0.717, 1.165) is 16.3 Å². The summed E-state index contributed by atoms with van der Waals surface area (Å²) in [6, 6.07) is 27.4. The van der Waals surface area contributed by atoms with Crippen LogP contribution in [0, 0.1) is 0 Å². The number of rotatable bonds is 5. The van der Waals surface area contributed by atoms with Gasteiger partial charge in [-0.1, -0.05) is 84.4 Å². The van der Waals surface area contributed by atoms with Gasteiger partial charge in [0.1, 0.15) is 0 Å². The lowest BCUT2D eigenvalue weighted by Gasteiger charge is -2.23. The topological polar surface area (TPSA) is 57.6 Å². The molecule has 32 heavy (non-hydrogen) atoms. The second kappa shape index (κ2) is 7.90. The van der Waals surface area contributed by atoms with E-state index in [-0.39, 0.29) is 18.7 Å². The first kappa shape index (κ1) is 20.4. The highest BCUT2D eigenvalue weighted by Gasteiger charge is 2.50. The number of para-hydroxylation sites is 1. The van der Waals surface area contributed by atoms with E-state index in [4.69, 9.17) is 11.6 Å². The molecular weight excluding hydrogens is 422 g/mol. The molecule has 0 unspecified atom stereocenters. The molecule has 1 amide bonds. The maximum Gasteiger partial charge on any atom is 0.264 e. The summed E-state index contributed by atoms with van der Waals surface area (Å²) in [5.74, 6) is -0.775. The first-order valence-corrected chi connectivity index (χ1v) is 10.7. The van der Waals surface area contributed by atoms with Crippen LogP contribution in [0.15, 0.2) is 91.0 Å². The molecule has 1 heterocycles. The van der Waals surface area contributed by atoms with E-state index in [0.29, 0.717) is 21.8 Å². The second-order valence-electron chi connectivity index (χ2n) is 8.02. The largest absolute Gasteiger partial charge is 0.375 e. The summed E-state index contributed by atoms with van der Waals surface area (Å²) in [7, 11) is 0. The molecule has 1 aliphatic rings. The smallest absolute Gasteiger partial charge is 0.264 e. The Kier molecular flexibility index (Phi) is 5.04. The van der Waals surface area contributed by atoms with Gasteiger partial charge in [0, 0.05) is 16.1 Å². The van der Waals surface area contributed by atoms with E-state index in [2.05, 4.69) is 0 Å². The van der Waals surface area contributed by atoms with Crippen LogP contribution in [0.5, 0.6) is 0 Å². The quantitative estimate of drug-likeness (QED) is 0.416. The van der Waals surface area contributed by atoms with Crippen molar-refractivity contribution in [3.63, 3.8) is 0 Å². The first-order chi connectivity index (χ1) is 15.5. The Morgan fingerprint density at radius 3 is 2.38 bits per heavy atom. The number of ketones is 1. The number of halogens is 1. The molecule has 0 aromatic heterocycles. The fraction of sp³-hybridized carbons (Fsp3) is 0.111. The lowest BCUT2D eigenvalue weighted by atomic mass is 9.87. The third-order valence-corrected chi connectivity index (χ3v) is 6.25. The van der Waals surface area contributed by atoms with Crippen molar-refractivity contribution < 1.29 is 14.7 Å². The minimum atomic E-state index is -1.92. The number of fused-ring (bicyclic) bond motifs is 2. The number of carbonyl (C=O) groups is 2. The Hall–Kier alpha value is -3.47. The van der Waals surface area contributed by atoms with Gasteiger partial charge in [-0.25, -0.2) is 0 Å². The number of anilines is 1. The number of aliphatic hydroxyl groups is 1. The van der Waals surface area contributed by atoms with Crippen molar-refractivity contribution in [3.05, 3.63) is 113 Å². The summed E-state index contributed by atoms with van der Waals surface area (Å²) in [5, 5.41) is 13.9. The molecule has 0 aliphatic carbocycles. The third kappa shape index (κ3) is 3.38. The highest BCUT2D eigenvalue weighted by molar-refractivity contribution is 6.30. The van der Waals surface area contributed by atoms with Crippen LogP contribution in [0.1, 0.15) is 27.9 Å². The zero-order valence-electron chi connectivity index (χ0n) is 17.2. The summed E-state index contributed by atoms with van der Waals surface area (Å²) in [4.78, 5) is 28.4. The number of nitrogens with zero attached hydrogens (tertiary/aromatic N) is 1. The predicted octanol–water partition coefficient (Wildman–Crippen LogP) is 5.50. The zero-order chi connectivity index (χ0) is 22.3. The molecule has 1 aliphatic heterocycles. The third-order valence-electron chi connectivity index (χ3n) is 6.00. The van der Waals surface area contributed by atoms with E-state index in [1.165, 1.54) is 4.90 Å². The predicted molar refractivity (Wildman–Crippen MR) is 126 cm³/mol. The van der Waals surface area contributed by atoms with Crippen LogP contribution in [0.2, 0.25) is 5.02 Å². The maximum atomic E-state index is 13.5. The molecule has 0 saturated heterocycles. The molecule has 1 atom stereocenters. The van der Waals surface area contributed by atoms with Crippen LogP contribution < -0.4 is 4.90 Å². The van der Waals surface area contributed by atoms with Crippen molar-refractivity contribution in [2.75, 3.05) is 4.90 Å². The van der Waals surface area contributed by atoms with Gasteiger partial charge in [0.25, 0.3) is 5.91 Å². The summed E-state index contributed by atoms with van der Waals surface area (Å²) >= 11 is 5.98. The molecule has 5 heteroatoms. The number of hydrogen-bond acceptors (Lipinski definition) is 3. The minimum Gasteiger partial charge on any atom is -0.375 e. The van der Waals surface area contributed by atoms with Crippen molar-refractivity contribution in [1.82, 2.24) is 0 Å². The molecule has 5 rings (SSSR count). The van der Waals surface area contributed by atoms with Gasteiger partial charge in [0.05, 0.1) is 18.7 Å². The Morgan fingerprint density at radius 1 is 0.875 bits per heavy atom. The van der Waals surface area contributed by atoms with Crippen LogP contribution in [-0.2, 0) is 16.9 Å². The van der Waals surface area contributed by atoms with Gasteiger partial charge in [-0.05, 0) is 34.5 Å². The fourth-order valence-corrected chi connectivity index (χ4v) is 4.53. The summed E-state index contributed by atoms with van der Waals surface area (Å²) in [5.41, 5.74) is 0.519. The minimum absolute atomic E-state index is 0.276. The standard InChI is InChI=1S/C27H20ClNO3/c28-20-14-12-18(13-15-20)17-29-24-11-4-3-10-23(24)27(32,26(29)31)16-25(30)22-9-5-7-19-6-1-2-8-21(19)22/h1-15,32H,16-17H2/t27-/m0/s1. The molecule has 0 radical (unpaired) electrons. The van der Waals surface area contributed by atoms with E-state index in [1.807, 2.05) is 54.6 Å². The van der Waals surface area contributed by atoms with Crippen LogP contribution >= 0.6 is 11.6 Å². The van der Waals surface area contributed by atoms with Gasteiger partial charge in [0.15, 0.2) is 11.4 Å². The highest BCUT2D eigenvalue weighted by Crippen LogP contribution is 2.43. The SMILES string of the molecule is O=C(C[C@@]1(O)C(=O)N(Cc2ccc(Cl)cc2)c2ccccc21)c1cccc2ccccc12. The van der Waals surface area contributed by atoms with Crippen molar-refractivity contribution in [2.24, 2.45) is 0 Å². The molecule has 0 saturated carbocycles. The molecule has 158 valence electrons. The first-order valence-electron chi connectivity index (χ1n) is 10.4. The van der Waals surface area contributed by atoms with Gasteiger partial charge >= 0.3 is 0 Å². The van der Waals surface area contributed by atoms with Crippen molar-refractivity contribution in [2.45, 2.75) is 18.6 Å². The molecule has 0 spiro atoms. The number of benzene rings is 4. The van der Waals surface area contributed by atoms with E-state index >= 15 is 0 Å². The molecule has 4 nitrogen and oxygen atoms in total. The van der Waals surface area contributed by atoms with Crippen LogP contribution in [-0.4, -0.2) is 16.8 Å². The average Bonchev–Trinajstić information content (AvgIpc) is 3.02. The monoisotopic (exact) mass is 441 g/mol. The van der Waals surface area contributed by atoms with Crippen LogP contribution in [0.4, 0.5) is 5.69 Å². The van der Waals surface area contributed by atoms with Crippen molar-refractivity contribution in [3.8, 4) is 0 Å². The van der Waals surface area contributed by atoms with Crippen molar-refractivity contribution >= 4 is 39.8 Å². The molecule has 1 N–H and O–H groups in total. The summed E-state index contributed by atoms with van der Waals surface area (Å²) in [6.07, 6.45) is -0.325. The van der Waals surface area contributed by atoms with Crippen molar-refractivity contribution in [1.29, 1.82) is 0 Å². The summed E-state index contributed by atoms with van der Waals surface area (Å²) < 4.78 is 0. The van der Waals surface area contributed by atoms with Gasteiger partial charge in [-0.2, -0.15) is 0 Å². The van der Waals surface area contributed by atoms with Crippen LogP contribution in [0.3, 0.4) is 0 Å². The summed E-state index contributed by atoms with van der Waals surface area (Å²) in [6.45, 7) is 0.276. The average molecular weight is 442 g/mol. The Bertz CT molecular complexity index is 1340. The van der Waals surface area contributed by atoms with Gasteiger partial charge in [-0.3, -0.25) is 9.59 Å². The highest BCUT2D eigenvalue weighted by atomic mass is 35.5. The molecular formula is C27H20ClNO3. The van der Waals surface area contributed by atoms with Gasteiger partial charge < -0.3 is 10.0 Å². The Morgan fingerprint density at radius 2 is 1.56 bits per heavy atom. The fourth-order valence-electron chi connectivity index (χ4n) is 4.40. The molecule has 4 aromatic carbocycles. The second-order valence-corrected chi connectivity index (χ2v) is 8.46. The molecule has 0 fully saturated rings. The Labute approximate surface area is 190 Å². The van der Waals surface area contributed by atoms with E-state index in [1.54, 1.807) is 36.4 Å². The number of carbonyl (C=O) groups excluding carboxylic acids is 2. The Balaban J connectivity index is 1.51. The molecule has 4 aromatic rings. The lowest BCUT2D eigenvalue weighted by Crippen LogP contribution is -2.41. The normalized spacial score (nSPS) is 17.6. The molecule has 0 bridgehead atoms.